The molecule has 0 radical (unpaired) electrons. The average molecular weight is 376 g/mol. The number of nitrogens with one attached hydrogen (secondary N) is 1. The zero-order valence-corrected chi connectivity index (χ0v) is 15.6. The molecule has 0 amide bonds. The molecule has 1 aromatic heterocycles. The molecule has 0 saturated heterocycles. The van der Waals surface area contributed by atoms with Gasteiger partial charge in [-0.25, -0.2) is 9.55 Å². The Morgan fingerprint density at radius 1 is 1.00 bits per heavy atom. The molecule has 4 nitrogen and oxygen atoms in total. The monoisotopic (exact) mass is 375 g/mol. The average Bonchev–Trinajstić information content (AvgIpc) is 2.70. The topological polar surface area (TPSA) is 46.9 Å². The van der Waals surface area contributed by atoms with E-state index in [1.807, 2.05) is 60.7 Å². The van der Waals surface area contributed by atoms with Crippen molar-refractivity contribution in [1.82, 2.24) is 9.55 Å². The Hall–Kier alpha value is -3.11. The van der Waals surface area contributed by atoms with Crippen LogP contribution in [0.15, 0.2) is 77.6 Å². The second-order valence-electron chi connectivity index (χ2n) is 6.25. The van der Waals surface area contributed by atoms with Crippen molar-refractivity contribution in [3.05, 3.63) is 93.7 Å². The van der Waals surface area contributed by atoms with E-state index in [1.54, 1.807) is 16.7 Å². The van der Waals surface area contributed by atoms with Gasteiger partial charge in [0.1, 0.15) is 0 Å². The van der Waals surface area contributed by atoms with Gasteiger partial charge in [0.15, 0.2) is 0 Å². The van der Waals surface area contributed by atoms with Gasteiger partial charge >= 0.3 is 0 Å². The number of para-hydroxylation sites is 1. The summed E-state index contributed by atoms with van der Waals surface area (Å²) in [6, 6.07) is 22.7. The quantitative estimate of drug-likeness (QED) is 0.523. The zero-order valence-electron chi connectivity index (χ0n) is 14.8. The van der Waals surface area contributed by atoms with Gasteiger partial charge in [0.25, 0.3) is 5.56 Å². The van der Waals surface area contributed by atoms with Crippen molar-refractivity contribution in [2.75, 3.05) is 5.32 Å². The Kier molecular flexibility index (Phi) is 4.65. The molecule has 0 aliphatic heterocycles. The molecule has 5 heteroatoms. The smallest absolute Gasteiger partial charge is 0.267 e. The number of fused-ring (bicyclic) bond motifs is 1. The highest BCUT2D eigenvalue weighted by Crippen LogP contribution is 2.22. The number of rotatable bonds is 4. The summed E-state index contributed by atoms with van der Waals surface area (Å²) in [7, 11) is 0. The second kappa shape index (κ2) is 7.25. The summed E-state index contributed by atoms with van der Waals surface area (Å²) in [4.78, 5) is 18.0. The van der Waals surface area contributed by atoms with Gasteiger partial charge in [-0.2, -0.15) is 0 Å². The summed E-state index contributed by atoms with van der Waals surface area (Å²) in [5, 5.41) is 4.52. The van der Waals surface area contributed by atoms with Crippen LogP contribution in [0.2, 0.25) is 5.02 Å². The summed E-state index contributed by atoms with van der Waals surface area (Å²) in [5.74, 6) is 0.463. The molecule has 0 aliphatic rings. The van der Waals surface area contributed by atoms with Crippen LogP contribution in [0.3, 0.4) is 0 Å². The maximum atomic E-state index is 13.3. The zero-order chi connectivity index (χ0) is 18.8. The number of halogens is 1. The highest BCUT2D eigenvalue weighted by atomic mass is 35.5. The Morgan fingerprint density at radius 3 is 2.44 bits per heavy atom. The number of aryl methyl sites for hydroxylation is 1. The van der Waals surface area contributed by atoms with Crippen LogP contribution in [-0.4, -0.2) is 9.55 Å². The SMILES string of the molecule is CCc1ccc2nc(Nc3ccc(Cl)cc3)n(-c3ccccc3)c(=O)c2c1. The third-order valence-corrected chi connectivity index (χ3v) is 4.71. The Morgan fingerprint density at radius 2 is 1.74 bits per heavy atom. The van der Waals surface area contributed by atoms with E-state index in [9.17, 15) is 4.79 Å². The van der Waals surface area contributed by atoms with Gasteiger partial charge in [-0.3, -0.25) is 4.79 Å². The van der Waals surface area contributed by atoms with Gasteiger partial charge in [0.2, 0.25) is 5.95 Å². The lowest BCUT2D eigenvalue weighted by Gasteiger charge is -2.15. The lowest BCUT2D eigenvalue weighted by atomic mass is 10.1. The number of hydrogen-bond acceptors (Lipinski definition) is 3. The Bertz CT molecular complexity index is 1150. The Labute approximate surface area is 162 Å². The lowest BCUT2D eigenvalue weighted by Crippen LogP contribution is -2.23. The maximum Gasteiger partial charge on any atom is 0.267 e. The van der Waals surface area contributed by atoms with Crippen LogP contribution >= 0.6 is 11.6 Å². The predicted molar refractivity (Wildman–Crippen MR) is 111 cm³/mol. The van der Waals surface area contributed by atoms with Crippen molar-refractivity contribution in [3.63, 3.8) is 0 Å². The van der Waals surface area contributed by atoms with E-state index in [1.165, 1.54) is 0 Å². The molecule has 0 fully saturated rings. The van der Waals surface area contributed by atoms with E-state index in [0.29, 0.717) is 21.9 Å². The van der Waals surface area contributed by atoms with Gasteiger partial charge < -0.3 is 5.32 Å². The third kappa shape index (κ3) is 3.44. The summed E-state index contributed by atoms with van der Waals surface area (Å²) >= 11 is 5.98. The van der Waals surface area contributed by atoms with Crippen molar-refractivity contribution in [2.24, 2.45) is 0 Å². The number of nitrogens with zero attached hydrogens (tertiary/aromatic N) is 2. The number of hydrogen-bond donors (Lipinski definition) is 1. The molecule has 0 unspecified atom stereocenters. The van der Waals surface area contributed by atoms with Crippen molar-refractivity contribution in [3.8, 4) is 5.69 Å². The molecular formula is C22H18ClN3O. The number of aromatic nitrogens is 2. The van der Waals surface area contributed by atoms with Crippen molar-refractivity contribution in [2.45, 2.75) is 13.3 Å². The number of anilines is 2. The van der Waals surface area contributed by atoms with E-state index in [-0.39, 0.29) is 5.56 Å². The fourth-order valence-electron chi connectivity index (χ4n) is 3.02. The van der Waals surface area contributed by atoms with E-state index in [2.05, 4.69) is 12.2 Å². The van der Waals surface area contributed by atoms with E-state index >= 15 is 0 Å². The normalized spacial score (nSPS) is 10.9. The second-order valence-corrected chi connectivity index (χ2v) is 6.68. The minimum atomic E-state index is -0.0991. The molecule has 1 heterocycles. The van der Waals surface area contributed by atoms with Gasteiger partial charge in [-0.05, 0) is 60.5 Å². The molecule has 0 atom stereocenters. The molecule has 1 N–H and O–H groups in total. The molecule has 27 heavy (non-hydrogen) atoms. The highest BCUT2D eigenvalue weighted by Gasteiger charge is 2.13. The maximum absolute atomic E-state index is 13.3. The van der Waals surface area contributed by atoms with Crippen LogP contribution in [0.25, 0.3) is 16.6 Å². The van der Waals surface area contributed by atoms with Crippen molar-refractivity contribution in [1.29, 1.82) is 0 Å². The van der Waals surface area contributed by atoms with Gasteiger partial charge in [0, 0.05) is 10.7 Å². The molecule has 134 valence electrons. The van der Waals surface area contributed by atoms with Crippen LogP contribution in [-0.2, 0) is 6.42 Å². The molecule has 0 saturated carbocycles. The molecular weight excluding hydrogens is 358 g/mol. The van der Waals surface area contributed by atoms with Crippen LogP contribution in [0.4, 0.5) is 11.6 Å². The first-order valence-corrected chi connectivity index (χ1v) is 9.17. The molecule has 0 bridgehead atoms. The minimum Gasteiger partial charge on any atom is -0.325 e. The largest absolute Gasteiger partial charge is 0.325 e. The van der Waals surface area contributed by atoms with E-state index in [4.69, 9.17) is 16.6 Å². The summed E-state index contributed by atoms with van der Waals surface area (Å²) in [6.45, 7) is 2.07. The first kappa shape index (κ1) is 17.3. The highest BCUT2D eigenvalue weighted by molar-refractivity contribution is 6.30. The summed E-state index contributed by atoms with van der Waals surface area (Å²) in [5.41, 5.74) is 3.24. The van der Waals surface area contributed by atoms with Crippen LogP contribution in [0, 0.1) is 0 Å². The summed E-state index contributed by atoms with van der Waals surface area (Å²) in [6.07, 6.45) is 0.867. The standard InChI is InChI=1S/C22H18ClN3O/c1-2-15-8-13-20-19(14-15)21(27)26(18-6-4-3-5-7-18)22(25-20)24-17-11-9-16(23)10-12-17/h3-14H,2H2,1H3,(H,24,25). The van der Waals surface area contributed by atoms with Gasteiger partial charge in [-0.1, -0.05) is 42.8 Å². The van der Waals surface area contributed by atoms with Crippen LogP contribution in [0.5, 0.6) is 0 Å². The molecule has 3 aromatic carbocycles. The van der Waals surface area contributed by atoms with Crippen molar-refractivity contribution >= 4 is 34.1 Å². The van der Waals surface area contributed by atoms with Crippen LogP contribution in [0.1, 0.15) is 12.5 Å². The van der Waals surface area contributed by atoms with Crippen molar-refractivity contribution < 1.29 is 0 Å². The lowest BCUT2D eigenvalue weighted by molar-refractivity contribution is 0.973. The minimum absolute atomic E-state index is 0.0991. The molecule has 4 rings (SSSR count). The fourth-order valence-corrected chi connectivity index (χ4v) is 3.14. The van der Waals surface area contributed by atoms with Gasteiger partial charge in [-0.15, -0.1) is 0 Å². The molecule has 0 aliphatic carbocycles. The Balaban J connectivity index is 1.95. The number of benzene rings is 3. The molecule has 4 aromatic rings. The predicted octanol–water partition coefficient (Wildman–Crippen LogP) is 5.35. The third-order valence-electron chi connectivity index (χ3n) is 4.46. The molecule has 0 spiro atoms. The van der Waals surface area contributed by atoms with Gasteiger partial charge in [0.05, 0.1) is 16.6 Å². The first-order valence-electron chi connectivity index (χ1n) is 8.79. The first-order chi connectivity index (χ1) is 13.2. The summed E-state index contributed by atoms with van der Waals surface area (Å²) < 4.78 is 1.61. The fraction of sp³-hybridized carbons (Fsp3) is 0.0909. The van der Waals surface area contributed by atoms with E-state index < -0.39 is 0 Å². The van der Waals surface area contributed by atoms with Crippen LogP contribution < -0.4 is 10.9 Å². The van der Waals surface area contributed by atoms with E-state index in [0.717, 1.165) is 23.4 Å².